The molecule has 36 heavy (non-hydrogen) atoms. The van der Waals surface area contributed by atoms with Crippen LogP contribution in [0.5, 0.6) is 5.75 Å². The minimum atomic E-state index is -1.21. The summed E-state index contributed by atoms with van der Waals surface area (Å²) in [5, 5.41) is 14.5. The molecule has 180 valence electrons. The van der Waals surface area contributed by atoms with Crippen molar-refractivity contribution in [1.82, 2.24) is 20.9 Å². The van der Waals surface area contributed by atoms with Crippen LogP contribution in [0.25, 0.3) is 10.8 Å². The van der Waals surface area contributed by atoms with Gasteiger partial charge in [0.2, 0.25) is 0 Å². The normalized spacial score (nSPS) is 14.3. The number of rotatable bonds is 6. The van der Waals surface area contributed by atoms with Crippen LogP contribution in [0, 0.1) is 0 Å². The molecule has 1 aliphatic rings. The second-order valence-electron chi connectivity index (χ2n) is 8.31. The molecule has 0 radical (unpaired) electrons. The highest BCUT2D eigenvalue weighted by Gasteiger charge is 2.28. The first-order valence-electron chi connectivity index (χ1n) is 11.4. The van der Waals surface area contributed by atoms with Gasteiger partial charge in [0, 0.05) is 16.5 Å². The van der Waals surface area contributed by atoms with E-state index < -0.39 is 17.9 Å². The first kappa shape index (κ1) is 23.0. The van der Waals surface area contributed by atoms with Crippen molar-refractivity contribution in [2.24, 2.45) is 5.10 Å². The molecule has 2 amide bonds. The van der Waals surface area contributed by atoms with Crippen molar-refractivity contribution in [2.75, 3.05) is 7.11 Å². The predicted octanol–water partition coefficient (Wildman–Crippen LogP) is 2.87. The Kier molecular flexibility index (Phi) is 6.27. The molecule has 4 aromatic rings. The van der Waals surface area contributed by atoms with Crippen molar-refractivity contribution in [1.29, 1.82) is 0 Å². The van der Waals surface area contributed by atoms with Crippen molar-refractivity contribution < 1.29 is 14.3 Å². The molecule has 0 aliphatic heterocycles. The fourth-order valence-corrected chi connectivity index (χ4v) is 4.28. The van der Waals surface area contributed by atoms with E-state index >= 15 is 0 Å². The first-order chi connectivity index (χ1) is 17.5. The zero-order chi connectivity index (χ0) is 25.1. The van der Waals surface area contributed by atoms with E-state index in [2.05, 4.69) is 26.0 Å². The summed E-state index contributed by atoms with van der Waals surface area (Å²) < 4.78 is 5.32. The van der Waals surface area contributed by atoms with Gasteiger partial charge in [-0.05, 0) is 48.7 Å². The molecule has 1 aromatic heterocycles. The Morgan fingerprint density at radius 3 is 2.53 bits per heavy atom. The third-order valence-corrected chi connectivity index (χ3v) is 6.13. The van der Waals surface area contributed by atoms with E-state index in [9.17, 15) is 14.4 Å². The van der Waals surface area contributed by atoms with E-state index in [-0.39, 0.29) is 11.3 Å². The molecule has 1 atom stereocenters. The third kappa shape index (κ3) is 4.46. The highest BCUT2D eigenvalue weighted by atomic mass is 16.5. The fourth-order valence-electron chi connectivity index (χ4n) is 4.28. The van der Waals surface area contributed by atoms with Gasteiger partial charge in [0.1, 0.15) is 11.4 Å². The Labute approximate surface area is 206 Å². The highest BCUT2D eigenvalue weighted by Crippen LogP contribution is 2.27. The largest absolute Gasteiger partial charge is 0.497 e. The summed E-state index contributed by atoms with van der Waals surface area (Å²) in [6.07, 6.45) is 1.46. The van der Waals surface area contributed by atoms with Gasteiger partial charge in [-0.1, -0.05) is 42.5 Å². The average Bonchev–Trinajstić information content (AvgIpc) is 3.33. The number of aryl methyl sites for hydroxylation is 1. The lowest BCUT2D eigenvalue weighted by Crippen LogP contribution is -2.40. The van der Waals surface area contributed by atoms with Crippen molar-refractivity contribution in [3.63, 3.8) is 0 Å². The summed E-state index contributed by atoms with van der Waals surface area (Å²) in [6.45, 7) is 0. The van der Waals surface area contributed by atoms with Crippen molar-refractivity contribution in [3.05, 3.63) is 106 Å². The number of aromatic nitrogens is 2. The number of nitrogens with zero attached hydrogens (tertiary/aromatic N) is 2. The maximum Gasteiger partial charge on any atom is 0.272 e. The summed E-state index contributed by atoms with van der Waals surface area (Å²) in [4.78, 5) is 38.7. The number of ether oxygens (including phenoxy) is 1. The lowest BCUT2D eigenvalue weighted by atomic mass is 10.0. The number of hydrogen-bond donors (Lipinski definition) is 3. The first-order valence-corrected chi connectivity index (χ1v) is 11.4. The van der Waals surface area contributed by atoms with Gasteiger partial charge in [-0.25, -0.2) is 10.5 Å². The maximum atomic E-state index is 13.4. The molecule has 0 spiro atoms. The van der Waals surface area contributed by atoms with Crippen LogP contribution < -0.4 is 21.0 Å². The number of H-pyrrole nitrogens is 1. The van der Waals surface area contributed by atoms with Crippen LogP contribution >= 0.6 is 0 Å². The van der Waals surface area contributed by atoms with E-state index in [1.807, 2.05) is 18.2 Å². The second kappa shape index (κ2) is 9.83. The van der Waals surface area contributed by atoms with Gasteiger partial charge in [-0.3, -0.25) is 14.4 Å². The van der Waals surface area contributed by atoms with Crippen molar-refractivity contribution >= 4 is 28.3 Å². The highest BCUT2D eigenvalue weighted by molar-refractivity contribution is 6.05. The molecular weight excluding hydrogens is 458 g/mol. The molecule has 0 saturated carbocycles. The Morgan fingerprint density at radius 2 is 1.75 bits per heavy atom. The van der Waals surface area contributed by atoms with Gasteiger partial charge in [0.15, 0.2) is 6.04 Å². The summed E-state index contributed by atoms with van der Waals surface area (Å²) in [5.74, 6) is -0.351. The molecule has 0 saturated heterocycles. The number of aromatic amines is 1. The number of carbonyl (C=O) groups excluding carboxylic acids is 2. The van der Waals surface area contributed by atoms with Gasteiger partial charge in [-0.15, -0.1) is 0 Å². The SMILES string of the molecule is COc1ccc2c(c1)C(=NNC(=O)C(NC(=O)c1ccccc1)c1n[nH]c(=O)c3ccccc13)CC2. The van der Waals surface area contributed by atoms with Crippen molar-refractivity contribution in [2.45, 2.75) is 18.9 Å². The number of fused-ring (bicyclic) bond motifs is 2. The van der Waals surface area contributed by atoms with E-state index in [4.69, 9.17) is 4.74 Å². The number of benzene rings is 3. The summed E-state index contributed by atoms with van der Waals surface area (Å²) in [7, 11) is 1.59. The second-order valence-corrected chi connectivity index (χ2v) is 8.31. The summed E-state index contributed by atoms with van der Waals surface area (Å²) in [6, 6.07) is 19.9. The zero-order valence-corrected chi connectivity index (χ0v) is 19.4. The fraction of sp³-hybridized carbons (Fsp3) is 0.148. The van der Waals surface area contributed by atoms with Crippen LogP contribution in [-0.2, 0) is 11.2 Å². The minimum Gasteiger partial charge on any atom is -0.497 e. The smallest absolute Gasteiger partial charge is 0.272 e. The number of methoxy groups -OCH3 is 1. The number of hydrazone groups is 1. The Balaban J connectivity index is 1.50. The van der Waals surface area contributed by atoms with Crippen LogP contribution in [0.15, 0.2) is 82.7 Å². The van der Waals surface area contributed by atoms with Crippen LogP contribution in [-0.4, -0.2) is 34.8 Å². The van der Waals surface area contributed by atoms with E-state index in [1.54, 1.807) is 61.7 Å². The van der Waals surface area contributed by atoms with Gasteiger partial charge in [0.25, 0.3) is 17.4 Å². The molecule has 9 nitrogen and oxygen atoms in total. The van der Waals surface area contributed by atoms with Crippen molar-refractivity contribution in [3.8, 4) is 5.75 Å². The zero-order valence-electron chi connectivity index (χ0n) is 19.4. The third-order valence-electron chi connectivity index (χ3n) is 6.13. The lowest BCUT2D eigenvalue weighted by Gasteiger charge is -2.18. The maximum absolute atomic E-state index is 13.4. The minimum absolute atomic E-state index is 0.209. The number of carbonyl (C=O) groups is 2. The standard InChI is InChI=1S/C27H23N5O4/c1-36-18-13-11-16-12-14-22(21(16)15-18)29-32-27(35)24(28-25(33)17-7-3-2-4-8-17)23-19-9-5-6-10-20(19)26(34)31-30-23/h2-11,13,15,24H,12,14H2,1H3,(H,28,33)(H,31,34)(H,32,35). The molecule has 1 unspecified atom stereocenters. The van der Waals surface area contributed by atoms with Crippen LogP contribution in [0.2, 0.25) is 0 Å². The Hall–Kier alpha value is -4.79. The van der Waals surface area contributed by atoms with Crippen LogP contribution in [0.4, 0.5) is 0 Å². The molecule has 5 rings (SSSR count). The lowest BCUT2D eigenvalue weighted by molar-refractivity contribution is -0.123. The molecule has 3 aromatic carbocycles. The van der Waals surface area contributed by atoms with E-state index in [0.29, 0.717) is 34.2 Å². The Bertz CT molecular complexity index is 1550. The summed E-state index contributed by atoms with van der Waals surface area (Å²) >= 11 is 0. The van der Waals surface area contributed by atoms with Crippen LogP contribution in [0.3, 0.4) is 0 Å². The van der Waals surface area contributed by atoms with Gasteiger partial charge in [-0.2, -0.15) is 10.2 Å². The molecule has 9 heteroatoms. The topological polar surface area (TPSA) is 126 Å². The van der Waals surface area contributed by atoms with E-state index in [0.717, 1.165) is 17.5 Å². The molecule has 1 aliphatic carbocycles. The molecule has 3 N–H and O–H groups in total. The van der Waals surface area contributed by atoms with Crippen LogP contribution in [0.1, 0.15) is 39.6 Å². The van der Waals surface area contributed by atoms with Gasteiger partial charge < -0.3 is 10.1 Å². The molecule has 0 bridgehead atoms. The molecule has 0 fully saturated rings. The molecule has 1 heterocycles. The molecular formula is C27H23N5O4. The van der Waals surface area contributed by atoms with Gasteiger partial charge in [0.05, 0.1) is 18.2 Å². The Morgan fingerprint density at radius 1 is 1.00 bits per heavy atom. The number of hydrogen-bond acceptors (Lipinski definition) is 6. The van der Waals surface area contributed by atoms with E-state index in [1.165, 1.54) is 0 Å². The average molecular weight is 482 g/mol. The number of nitrogens with one attached hydrogen (secondary N) is 3. The quantitative estimate of drug-likeness (QED) is 0.365. The number of amides is 2. The summed E-state index contributed by atoms with van der Waals surface area (Å²) in [5.41, 5.74) is 5.54. The van der Waals surface area contributed by atoms with Gasteiger partial charge >= 0.3 is 0 Å². The predicted molar refractivity (Wildman–Crippen MR) is 135 cm³/mol. The monoisotopic (exact) mass is 481 g/mol.